The molecule has 2 aliphatic heterocycles. The van der Waals surface area contributed by atoms with E-state index in [0.29, 0.717) is 76.5 Å². The lowest BCUT2D eigenvalue weighted by molar-refractivity contribution is -0.119. The van der Waals surface area contributed by atoms with Gasteiger partial charge in [0.15, 0.2) is 0 Å². The van der Waals surface area contributed by atoms with Crippen molar-refractivity contribution in [2.75, 3.05) is 40.9 Å². The molecule has 2 saturated heterocycles. The summed E-state index contributed by atoms with van der Waals surface area (Å²) in [5.41, 5.74) is 5.52. The highest BCUT2D eigenvalue weighted by Crippen LogP contribution is 2.42. The predicted octanol–water partition coefficient (Wildman–Crippen LogP) is 4.75. The lowest BCUT2D eigenvalue weighted by Gasteiger charge is -2.17. The lowest BCUT2D eigenvalue weighted by Crippen LogP contribution is -2.35. The Balaban J connectivity index is 1.23. The second kappa shape index (κ2) is 14.9. The molecule has 0 bridgehead atoms. The van der Waals surface area contributed by atoms with E-state index in [-0.39, 0.29) is 11.9 Å². The largest absolute Gasteiger partial charge is 0.480 e. The predicted molar refractivity (Wildman–Crippen MR) is 183 cm³/mol. The number of nitrogens with zero attached hydrogens (tertiary/aromatic N) is 5. The zero-order valence-corrected chi connectivity index (χ0v) is 28.2. The molecule has 0 spiro atoms. The zero-order valence-electron chi connectivity index (χ0n) is 26.6. The number of carbonyl (C=O) groups is 1. The van der Waals surface area contributed by atoms with Gasteiger partial charge in [-0.1, -0.05) is 59.6 Å². The second-order valence-electron chi connectivity index (χ2n) is 11.7. The molecule has 6 rings (SSSR count). The maximum Gasteiger partial charge on any atom is 0.237 e. The molecule has 4 heterocycles. The van der Waals surface area contributed by atoms with Crippen LogP contribution < -0.4 is 25.4 Å². The van der Waals surface area contributed by atoms with Crippen LogP contribution in [0.3, 0.4) is 0 Å². The number of methoxy groups -OCH3 is 2. The highest BCUT2D eigenvalue weighted by Gasteiger charge is 2.24. The molecule has 4 aromatic rings. The number of halogens is 2. The van der Waals surface area contributed by atoms with Crippen molar-refractivity contribution in [1.82, 2.24) is 40.8 Å². The van der Waals surface area contributed by atoms with Crippen molar-refractivity contribution in [1.29, 1.82) is 0 Å². The third-order valence-electron chi connectivity index (χ3n) is 8.67. The van der Waals surface area contributed by atoms with E-state index in [1.807, 2.05) is 43.4 Å². The molecule has 2 fully saturated rings. The SMILES string of the molecule is CN[C@H]1CCN(Cc2ncc(-c3cccc(-c4cccc(-c5cnc(CNCC6CCC(=O)N6)c(OC)n5)c4Cl)c3Cl)nc2OC)C1. The van der Waals surface area contributed by atoms with Gasteiger partial charge in [-0.25, -0.2) is 9.97 Å². The molecule has 2 aliphatic rings. The van der Waals surface area contributed by atoms with Crippen LogP contribution in [0.15, 0.2) is 48.8 Å². The average molecular weight is 678 g/mol. The summed E-state index contributed by atoms with van der Waals surface area (Å²) in [6, 6.07) is 12.1. The van der Waals surface area contributed by atoms with Crippen LogP contribution in [0.2, 0.25) is 10.0 Å². The second-order valence-corrected chi connectivity index (χ2v) is 12.5. The van der Waals surface area contributed by atoms with Gasteiger partial charge in [0.2, 0.25) is 17.7 Å². The number of aromatic nitrogens is 4. The van der Waals surface area contributed by atoms with Crippen LogP contribution in [0, 0.1) is 0 Å². The first-order chi connectivity index (χ1) is 22.9. The van der Waals surface area contributed by atoms with Crippen LogP contribution >= 0.6 is 23.2 Å². The molecule has 0 saturated carbocycles. The van der Waals surface area contributed by atoms with Crippen molar-refractivity contribution >= 4 is 29.1 Å². The molecule has 11 nitrogen and oxygen atoms in total. The molecular formula is C34H38Cl2N8O3. The van der Waals surface area contributed by atoms with Gasteiger partial charge in [-0.3, -0.25) is 19.7 Å². The van der Waals surface area contributed by atoms with E-state index in [0.717, 1.165) is 48.3 Å². The fourth-order valence-corrected chi connectivity index (χ4v) is 6.75. The molecule has 1 amide bonds. The number of hydrogen-bond acceptors (Lipinski definition) is 10. The van der Waals surface area contributed by atoms with Crippen LogP contribution in [0.1, 0.15) is 30.7 Å². The van der Waals surface area contributed by atoms with Gasteiger partial charge in [0, 0.05) is 73.5 Å². The molecule has 1 unspecified atom stereocenters. The number of amides is 1. The van der Waals surface area contributed by atoms with E-state index in [1.54, 1.807) is 26.6 Å². The quantitative estimate of drug-likeness (QED) is 0.193. The molecule has 47 heavy (non-hydrogen) atoms. The first-order valence-corrected chi connectivity index (χ1v) is 16.4. The Morgan fingerprint density at radius 1 is 0.894 bits per heavy atom. The summed E-state index contributed by atoms with van der Waals surface area (Å²) in [6.07, 6.45) is 5.91. The molecule has 0 aliphatic carbocycles. The Morgan fingerprint density at radius 2 is 1.49 bits per heavy atom. The van der Waals surface area contributed by atoms with Crippen LogP contribution in [-0.4, -0.2) is 83.7 Å². The zero-order chi connectivity index (χ0) is 32.9. The van der Waals surface area contributed by atoms with Crippen molar-refractivity contribution in [2.45, 2.75) is 44.4 Å². The molecule has 2 aromatic heterocycles. The molecule has 246 valence electrons. The van der Waals surface area contributed by atoms with Gasteiger partial charge >= 0.3 is 0 Å². The summed E-state index contributed by atoms with van der Waals surface area (Å²) in [4.78, 5) is 32.7. The number of nitrogens with one attached hydrogen (secondary N) is 3. The Labute approximate surface area is 284 Å². The van der Waals surface area contributed by atoms with E-state index < -0.39 is 0 Å². The van der Waals surface area contributed by atoms with Gasteiger partial charge in [0.05, 0.1) is 48.0 Å². The highest BCUT2D eigenvalue weighted by atomic mass is 35.5. The van der Waals surface area contributed by atoms with Gasteiger partial charge in [-0.05, 0) is 19.9 Å². The Kier molecular flexibility index (Phi) is 10.5. The summed E-state index contributed by atoms with van der Waals surface area (Å²) in [5, 5.41) is 10.6. The van der Waals surface area contributed by atoms with Crippen LogP contribution in [0.4, 0.5) is 0 Å². The number of rotatable bonds is 12. The summed E-state index contributed by atoms with van der Waals surface area (Å²) in [6.45, 7) is 3.70. The maximum absolute atomic E-state index is 11.5. The fourth-order valence-electron chi connectivity index (χ4n) is 6.10. The standard InChI is InChI=1S/C34H38Cl2N8O3/c1-37-21-12-13-44(18-21)19-29-34(47-3)43-27(17-40-29)25-9-5-7-23(32(25)36)22-6-4-8-24(31(22)35)26-16-39-28(33(42-26)46-2)15-38-14-20-10-11-30(45)41-20/h4-9,16-17,20-21,37-38H,10-15,18-19H2,1-3H3,(H,41,45)/t20?,21-/m0/s1. The summed E-state index contributed by atoms with van der Waals surface area (Å²) < 4.78 is 11.2. The maximum atomic E-state index is 11.5. The fraction of sp³-hybridized carbons (Fsp3) is 0.382. The number of hydrogen-bond donors (Lipinski definition) is 3. The van der Waals surface area contributed by atoms with E-state index in [2.05, 4.69) is 25.8 Å². The van der Waals surface area contributed by atoms with Crippen LogP contribution in [0.5, 0.6) is 11.8 Å². The third-order valence-corrected chi connectivity index (χ3v) is 9.49. The molecule has 0 radical (unpaired) electrons. The number of ether oxygens (including phenoxy) is 2. The van der Waals surface area contributed by atoms with Gasteiger partial charge in [0.1, 0.15) is 11.4 Å². The number of likely N-dealkylation sites (N-methyl/N-ethyl adjacent to an activating group) is 1. The molecule has 3 N–H and O–H groups in total. The average Bonchev–Trinajstić information content (AvgIpc) is 3.73. The van der Waals surface area contributed by atoms with E-state index >= 15 is 0 Å². The van der Waals surface area contributed by atoms with Gasteiger partial charge in [-0.15, -0.1) is 0 Å². The minimum absolute atomic E-state index is 0.0878. The van der Waals surface area contributed by atoms with E-state index in [9.17, 15) is 4.79 Å². The van der Waals surface area contributed by atoms with Gasteiger partial charge in [-0.2, -0.15) is 0 Å². The lowest BCUT2D eigenvalue weighted by atomic mass is 9.98. The number of carbonyl (C=O) groups excluding carboxylic acids is 1. The van der Waals surface area contributed by atoms with E-state index in [4.69, 9.17) is 47.6 Å². The minimum Gasteiger partial charge on any atom is -0.480 e. The van der Waals surface area contributed by atoms with Crippen molar-refractivity contribution < 1.29 is 14.3 Å². The number of likely N-dealkylation sites (tertiary alicyclic amines) is 1. The molecular weight excluding hydrogens is 639 g/mol. The van der Waals surface area contributed by atoms with Crippen molar-refractivity contribution in [2.24, 2.45) is 0 Å². The monoisotopic (exact) mass is 676 g/mol. The topological polar surface area (TPSA) is 126 Å². The molecule has 2 aromatic carbocycles. The molecule has 13 heteroatoms. The van der Waals surface area contributed by atoms with Gasteiger partial charge in [0.25, 0.3) is 0 Å². The third kappa shape index (κ3) is 7.34. The summed E-state index contributed by atoms with van der Waals surface area (Å²) in [7, 11) is 5.17. The van der Waals surface area contributed by atoms with Gasteiger partial charge < -0.3 is 25.4 Å². The summed E-state index contributed by atoms with van der Waals surface area (Å²) >= 11 is 14.1. The Bertz CT molecular complexity index is 1760. The highest BCUT2D eigenvalue weighted by molar-refractivity contribution is 6.39. The Hall–Kier alpha value is -3.87. The van der Waals surface area contributed by atoms with Crippen molar-refractivity contribution in [3.63, 3.8) is 0 Å². The smallest absolute Gasteiger partial charge is 0.237 e. The van der Waals surface area contributed by atoms with Crippen molar-refractivity contribution in [3.05, 3.63) is 70.2 Å². The first kappa shape index (κ1) is 33.0. The van der Waals surface area contributed by atoms with E-state index in [1.165, 1.54) is 0 Å². The molecule has 2 atom stereocenters. The summed E-state index contributed by atoms with van der Waals surface area (Å²) in [5.74, 6) is 0.965. The van der Waals surface area contributed by atoms with Crippen molar-refractivity contribution in [3.8, 4) is 45.4 Å². The van der Waals surface area contributed by atoms with Crippen LogP contribution in [-0.2, 0) is 17.9 Å². The number of benzene rings is 2. The minimum atomic E-state index is 0.0878. The first-order valence-electron chi connectivity index (χ1n) is 15.7. The Morgan fingerprint density at radius 3 is 2.04 bits per heavy atom. The normalized spacial score (nSPS) is 18.0. The van der Waals surface area contributed by atoms with Crippen LogP contribution in [0.25, 0.3) is 33.6 Å².